The Morgan fingerprint density at radius 3 is 2.56 bits per heavy atom. The second kappa shape index (κ2) is 6.37. The van der Waals surface area contributed by atoms with Gasteiger partial charge in [0.2, 0.25) is 5.91 Å². The molecule has 0 aromatic heterocycles. The van der Waals surface area contributed by atoms with Crippen molar-refractivity contribution in [1.82, 2.24) is 0 Å². The molecule has 2 aliphatic rings. The molecule has 4 rings (SSSR count). The number of aryl methyl sites for hydroxylation is 2. The van der Waals surface area contributed by atoms with Crippen molar-refractivity contribution < 1.29 is 13.2 Å². The first kappa shape index (κ1) is 18.0. The molecular formula is C21H24N2O3S. The van der Waals surface area contributed by atoms with E-state index in [0.29, 0.717) is 17.9 Å². The van der Waals surface area contributed by atoms with E-state index in [1.807, 2.05) is 26.0 Å². The molecule has 0 bridgehead atoms. The average Bonchev–Trinajstić information content (AvgIpc) is 2.95. The van der Waals surface area contributed by atoms with E-state index >= 15 is 0 Å². The van der Waals surface area contributed by atoms with Crippen molar-refractivity contribution in [3.8, 4) is 0 Å². The quantitative estimate of drug-likeness (QED) is 0.797. The van der Waals surface area contributed by atoms with Crippen molar-refractivity contribution in [2.45, 2.75) is 51.0 Å². The number of nitrogens with zero attached hydrogens (tertiary/aromatic N) is 2. The van der Waals surface area contributed by atoms with Crippen LogP contribution < -0.4 is 9.21 Å². The Hall–Kier alpha value is -2.34. The monoisotopic (exact) mass is 384 g/mol. The number of rotatable bonds is 2. The summed E-state index contributed by atoms with van der Waals surface area (Å²) in [5.74, 6) is -0.0165. The molecule has 2 aromatic rings. The standard InChI is InChI=1S/C21H24N2O3S/c1-14-6-8-20-17(11-14)5-4-10-22(20)27(25,26)19-7-9-21-18(13-19)12-15(2)23(21)16(3)24/h6-9,11,13,15H,4-5,10,12H2,1-3H3. The van der Waals surface area contributed by atoms with Gasteiger partial charge in [-0.1, -0.05) is 17.7 Å². The second-order valence-electron chi connectivity index (χ2n) is 7.55. The number of fused-ring (bicyclic) bond motifs is 2. The van der Waals surface area contributed by atoms with Gasteiger partial charge >= 0.3 is 0 Å². The highest BCUT2D eigenvalue weighted by Crippen LogP contribution is 2.37. The zero-order valence-corrected chi connectivity index (χ0v) is 16.7. The molecule has 2 aliphatic heterocycles. The molecule has 0 saturated heterocycles. The molecule has 27 heavy (non-hydrogen) atoms. The molecular weight excluding hydrogens is 360 g/mol. The van der Waals surface area contributed by atoms with Crippen LogP contribution in [0.4, 0.5) is 11.4 Å². The van der Waals surface area contributed by atoms with Gasteiger partial charge in [0.15, 0.2) is 0 Å². The van der Waals surface area contributed by atoms with Crippen LogP contribution >= 0.6 is 0 Å². The Labute approximate surface area is 160 Å². The molecule has 1 amide bonds. The van der Waals surface area contributed by atoms with Crippen LogP contribution in [0.15, 0.2) is 41.3 Å². The molecule has 2 aromatic carbocycles. The van der Waals surface area contributed by atoms with Crippen LogP contribution in [0, 0.1) is 6.92 Å². The zero-order chi connectivity index (χ0) is 19.3. The topological polar surface area (TPSA) is 57.7 Å². The minimum absolute atomic E-state index is 0.0165. The molecule has 0 N–H and O–H groups in total. The first-order chi connectivity index (χ1) is 12.8. The largest absolute Gasteiger partial charge is 0.309 e. The summed E-state index contributed by atoms with van der Waals surface area (Å²) in [6.07, 6.45) is 2.39. The van der Waals surface area contributed by atoms with Crippen LogP contribution in [0.3, 0.4) is 0 Å². The Bertz CT molecular complexity index is 1030. The highest BCUT2D eigenvalue weighted by Gasteiger charge is 2.33. The maximum Gasteiger partial charge on any atom is 0.264 e. The third kappa shape index (κ3) is 2.92. The van der Waals surface area contributed by atoms with Gasteiger partial charge < -0.3 is 4.90 Å². The van der Waals surface area contributed by atoms with Crippen LogP contribution in [-0.4, -0.2) is 26.9 Å². The number of benzene rings is 2. The summed E-state index contributed by atoms with van der Waals surface area (Å²) in [4.78, 5) is 14.0. The smallest absolute Gasteiger partial charge is 0.264 e. The number of hydrogen-bond acceptors (Lipinski definition) is 3. The second-order valence-corrected chi connectivity index (χ2v) is 9.41. The number of carbonyl (C=O) groups is 1. The molecule has 1 atom stereocenters. The third-order valence-corrected chi connectivity index (χ3v) is 7.31. The Morgan fingerprint density at radius 1 is 1.07 bits per heavy atom. The fourth-order valence-corrected chi connectivity index (χ4v) is 5.91. The van der Waals surface area contributed by atoms with Gasteiger partial charge in [0.25, 0.3) is 10.0 Å². The van der Waals surface area contributed by atoms with Crippen molar-refractivity contribution in [1.29, 1.82) is 0 Å². The Kier molecular flexibility index (Phi) is 4.26. The summed E-state index contributed by atoms with van der Waals surface area (Å²) in [6.45, 7) is 6.04. The highest BCUT2D eigenvalue weighted by molar-refractivity contribution is 7.92. The molecule has 0 spiro atoms. The predicted octanol–water partition coefficient (Wildman–Crippen LogP) is 3.43. The Morgan fingerprint density at radius 2 is 1.81 bits per heavy atom. The lowest BCUT2D eigenvalue weighted by molar-refractivity contribution is -0.116. The molecule has 5 nitrogen and oxygen atoms in total. The van der Waals surface area contributed by atoms with Crippen molar-refractivity contribution in [2.75, 3.05) is 15.7 Å². The van der Waals surface area contributed by atoms with Crippen LogP contribution in [0.5, 0.6) is 0 Å². The fraction of sp³-hybridized carbons (Fsp3) is 0.381. The van der Waals surface area contributed by atoms with Crippen LogP contribution in [0.2, 0.25) is 0 Å². The number of carbonyl (C=O) groups excluding carboxylic acids is 1. The van der Waals surface area contributed by atoms with Gasteiger partial charge in [0, 0.05) is 25.2 Å². The number of sulfonamides is 1. The average molecular weight is 385 g/mol. The van der Waals surface area contributed by atoms with Gasteiger partial charge in [0.05, 0.1) is 10.6 Å². The van der Waals surface area contributed by atoms with E-state index in [1.165, 1.54) is 4.31 Å². The van der Waals surface area contributed by atoms with Crippen molar-refractivity contribution >= 4 is 27.3 Å². The first-order valence-corrected chi connectivity index (χ1v) is 10.8. The maximum absolute atomic E-state index is 13.4. The SMILES string of the molecule is CC(=O)N1c2ccc(S(=O)(=O)N3CCCc4cc(C)ccc43)cc2CC1C. The number of hydrogen-bond donors (Lipinski definition) is 0. The summed E-state index contributed by atoms with van der Waals surface area (Å²) in [5, 5.41) is 0. The summed E-state index contributed by atoms with van der Waals surface area (Å²) in [7, 11) is -3.64. The number of anilines is 2. The Balaban J connectivity index is 1.75. The van der Waals surface area contributed by atoms with Crippen molar-refractivity contribution in [2.24, 2.45) is 0 Å². The van der Waals surface area contributed by atoms with Gasteiger partial charge in [-0.2, -0.15) is 0 Å². The lowest BCUT2D eigenvalue weighted by Gasteiger charge is -2.31. The van der Waals surface area contributed by atoms with E-state index in [4.69, 9.17) is 0 Å². The third-order valence-electron chi connectivity index (χ3n) is 5.50. The minimum atomic E-state index is -3.64. The van der Waals surface area contributed by atoms with E-state index < -0.39 is 10.0 Å². The van der Waals surface area contributed by atoms with E-state index in [9.17, 15) is 13.2 Å². The van der Waals surface area contributed by atoms with Crippen LogP contribution in [-0.2, 0) is 27.7 Å². The van der Waals surface area contributed by atoms with Crippen molar-refractivity contribution in [3.05, 3.63) is 53.1 Å². The van der Waals surface area contributed by atoms with Crippen LogP contribution in [0.1, 0.15) is 37.0 Å². The van der Waals surface area contributed by atoms with E-state index in [2.05, 4.69) is 6.07 Å². The first-order valence-electron chi connectivity index (χ1n) is 9.34. The van der Waals surface area contributed by atoms with Gasteiger partial charge in [-0.3, -0.25) is 9.10 Å². The molecule has 6 heteroatoms. The minimum Gasteiger partial charge on any atom is -0.309 e. The van der Waals surface area contributed by atoms with Gasteiger partial charge in [-0.15, -0.1) is 0 Å². The summed E-state index contributed by atoms with van der Waals surface area (Å²) in [6, 6.07) is 11.1. The maximum atomic E-state index is 13.4. The lowest BCUT2D eigenvalue weighted by atomic mass is 10.0. The molecule has 2 heterocycles. The zero-order valence-electron chi connectivity index (χ0n) is 15.9. The van der Waals surface area contributed by atoms with Crippen molar-refractivity contribution in [3.63, 3.8) is 0 Å². The number of amides is 1. The molecule has 1 unspecified atom stereocenters. The summed E-state index contributed by atoms with van der Waals surface area (Å²) in [5.41, 5.74) is 4.75. The molecule has 0 aliphatic carbocycles. The summed E-state index contributed by atoms with van der Waals surface area (Å²) < 4.78 is 28.3. The van der Waals surface area contributed by atoms with Gasteiger partial charge in [-0.25, -0.2) is 8.42 Å². The lowest BCUT2D eigenvalue weighted by Crippen LogP contribution is -2.35. The summed E-state index contributed by atoms with van der Waals surface area (Å²) >= 11 is 0. The molecule has 142 valence electrons. The fourth-order valence-electron chi connectivity index (χ4n) is 4.32. The normalized spacial score (nSPS) is 19.0. The predicted molar refractivity (Wildman–Crippen MR) is 107 cm³/mol. The molecule has 0 saturated carbocycles. The van der Waals surface area contributed by atoms with E-state index in [1.54, 1.807) is 30.0 Å². The van der Waals surface area contributed by atoms with Crippen LogP contribution in [0.25, 0.3) is 0 Å². The van der Waals surface area contributed by atoms with E-state index in [-0.39, 0.29) is 11.9 Å². The molecule has 0 fully saturated rings. The van der Waals surface area contributed by atoms with Gasteiger partial charge in [-0.05, 0) is 68.5 Å². The molecule has 0 radical (unpaired) electrons. The highest BCUT2D eigenvalue weighted by atomic mass is 32.2. The van der Waals surface area contributed by atoms with E-state index in [0.717, 1.165) is 40.9 Å². The van der Waals surface area contributed by atoms with Gasteiger partial charge in [0.1, 0.15) is 0 Å².